The van der Waals surface area contributed by atoms with E-state index in [4.69, 9.17) is 0 Å². The van der Waals surface area contributed by atoms with Crippen LogP contribution in [0.1, 0.15) is 5.56 Å². The van der Waals surface area contributed by atoms with E-state index in [-0.39, 0.29) is 5.69 Å². The fraction of sp³-hybridized carbons (Fsp3) is 0.0769. The second-order valence-electron chi connectivity index (χ2n) is 4.29. The summed E-state index contributed by atoms with van der Waals surface area (Å²) in [5, 5.41) is 0. The van der Waals surface area contributed by atoms with Gasteiger partial charge in [0.2, 0.25) is 0 Å². The highest BCUT2D eigenvalue weighted by Crippen LogP contribution is 2.31. The molecule has 9 heteroatoms. The van der Waals surface area contributed by atoms with Gasteiger partial charge in [-0.3, -0.25) is 4.72 Å². The maximum Gasteiger partial charge on any atom is 0.416 e. The zero-order chi connectivity index (χ0) is 16.5. The summed E-state index contributed by atoms with van der Waals surface area (Å²) in [6.45, 7) is 0. The SMILES string of the molecule is O=S(=O)(Nc1cccc(C(F)(F)F)c1)c1cc(F)cc(F)c1. The Kier molecular flexibility index (Phi) is 4.10. The average molecular weight is 337 g/mol. The Morgan fingerprint density at radius 1 is 0.909 bits per heavy atom. The predicted molar refractivity (Wildman–Crippen MR) is 68.6 cm³/mol. The minimum absolute atomic E-state index is 0.375. The van der Waals surface area contributed by atoms with Gasteiger partial charge in [-0.25, -0.2) is 17.2 Å². The van der Waals surface area contributed by atoms with Gasteiger partial charge in [0.1, 0.15) is 11.6 Å². The molecule has 0 aliphatic heterocycles. The van der Waals surface area contributed by atoms with E-state index >= 15 is 0 Å². The van der Waals surface area contributed by atoms with Crippen LogP contribution in [0.25, 0.3) is 0 Å². The summed E-state index contributed by atoms with van der Waals surface area (Å²) in [6, 6.07) is 5.02. The van der Waals surface area contributed by atoms with E-state index in [2.05, 4.69) is 0 Å². The maximum atomic E-state index is 13.0. The van der Waals surface area contributed by atoms with Crippen LogP contribution in [0.5, 0.6) is 0 Å². The van der Waals surface area contributed by atoms with E-state index in [1.54, 1.807) is 0 Å². The Bertz CT molecular complexity index is 782. The van der Waals surface area contributed by atoms with Crippen molar-refractivity contribution in [3.05, 3.63) is 59.7 Å². The summed E-state index contributed by atoms with van der Waals surface area (Å²) in [7, 11) is -4.42. The van der Waals surface area contributed by atoms with E-state index in [1.165, 1.54) is 0 Å². The molecule has 0 fully saturated rings. The molecule has 2 rings (SSSR count). The highest BCUT2D eigenvalue weighted by Gasteiger charge is 2.30. The normalized spacial score (nSPS) is 12.2. The number of nitrogens with one attached hydrogen (secondary N) is 1. The van der Waals surface area contributed by atoms with Gasteiger partial charge in [0, 0.05) is 11.8 Å². The smallest absolute Gasteiger partial charge is 0.280 e. The summed E-state index contributed by atoms with van der Waals surface area (Å²) < 4.78 is 89.5. The molecule has 0 bridgehead atoms. The van der Waals surface area contributed by atoms with Crippen molar-refractivity contribution in [3.8, 4) is 0 Å². The largest absolute Gasteiger partial charge is 0.416 e. The maximum absolute atomic E-state index is 13.0. The molecule has 0 aliphatic rings. The Morgan fingerprint density at radius 3 is 2.05 bits per heavy atom. The summed E-state index contributed by atoms with van der Waals surface area (Å²) in [5.41, 5.74) is -1.43. The second-order valence-corrected chi connectivity index (χ2v) is 5.97. The van der Waals surface area contributed by atoms with Crippen molar-refractivity contribution in [2.75, 3.05) is 4.72 Å². The molecule has 0 aliphatic carbocycles. The molecule has 0 aromatic heterocycles. The second kappa shape index (κ2) is 5.56. The fourth-order valence-electron chi connectivity index (χ4n) is 1.66. The summed E-state index contributed by atoms with van der Waals surface area (Å²) in [4.78, 5) is -0.734. The number of anilines is 1. The average Bonchev–Trinajstić information content (AvgIpc) is 2.36. The van der Waals surface area contributed by atoms with Gasteiger partial charge >= 0.3 is 6.18 Å². The summed E-state index contributed by atoms with van der Waals surface area (Å²) in [5.74, 6) is -2.24. The standard InChI is InChI=1S/C13H8F5NO2S/c14-9-5-10(15)7-12(6-9)22(20,21)19-11-3-1-2-8(4-11)13(16,17)18/h1-7,19H. The molecule has 118 valence electrons. The number of hydrogen-bond acceptors (Lipinski definition) is 2. The van der Waals surface area contributed by atoms with Gasteiger partial charge in [-0.05, 0) is 30.3 Å². The van der Waals surface area contributed by atoms with Gasteiger partial charge in [0.15, 0.2) is 0 Å². The zero-order valence-corrected chi connectivity index (χ0v) is 11.5. The number of rotatable bonds is 3. The molecule has 0 heterocycles. The first-order valence-corrected chi connectivity index (χ1v) is 7.22. The third-order valence-electron chi connectivity index (χ3n) is 2.59. The third kappa shape index (κ3) is 3.73. The molecule has 3 nitrogen and oxygen atoms in total. The molecule has 1 N–H and O–H groups in total. The van der Waals surface area contributed by atoms with Crippen LogP contribution < -0.4 is 4.72 Å². The topological polar surface area (TPSA) is 46.2 Å². The van der Waals surface area contributed by atoms with Crippen molar-refractivity contribution in [1.82, 2.24) is 0 Å². The number of hydrogen-bond donors (Lipinski definition) is 1. The van der Waals surface area contributed by atoms with Gasteiger partial charge in [0.25, 0.3) is 10.0 Å². The quantitative estimate of drug-likeness (QED) is 0.867. The molecular weight excluding hydrogens is 329 g/mol. The Morgan fingerprint density at radius 2 is 1.50 bits per heavy atom. The van der Waals surface area contributed by atoms with Gasteiger partial charge in [-0.15, -0.1) is 0 Å². The number of sulfonamides is 1. The lowest BCUT2D eigenvalue weighted by Crippen LogP contribution is -2.14. The van der Waals surface area contributed by atoms with Crippen LogP contribution in [0.2, 0.25) is 0 Å². The van der Waals surface area contributed by atoms with Gasteiger partial charge in [-0.1, -0.05) is 6.07 Å². The van der Waals surface area contributed by atoms with Crippen LogP contribution in [0.4, 0.5) is 27.6 Å². The van der Waals surface area contributed by atoms with Crippen molar-refractivity contribution < 1.29 is 30.4 Å². The van der Waals surface area contributed by atoms with E-state index in [1.807, 2.05) is 4.72 Å². The van der Waals surface area contributed by atoms with Crippen LogP contribution in [0.15, 0.2) is 47.4 Å². The van der Waals surface area contributed by atoms with E-state index in [0.717, 1.165) is 18.2 Å². The monoisotopic (exact) mass is 337 g/mol. The summed E-state index contributed by atoms with van der Waals surface area (Å²) in [6.07, 6.45) is -4.65. The van der Waals surface area contributed by atoms with E-state index < -0.39 is 38.3 Å². The van der Waals surface area contributed by atoms with Crippen molar-refractivity contribution in [2.24, 2.45) is 0 Å². The van der Waals surface area contributed by atoms with Crippen molar-refractivity contribution >= 4 is 15.7 Å². The van der Waals surface area contributed by atoms with Crippen molar-refractivity contribution in [2.45, 2.75) is 11.1 Å². The lowest BCUT2D eigenvalue weighted by atomic mass is 10.2. The van der Waals surface area contributed by atoms with Crippen LogP contribution in [-0.2, 0) is 16.2 Å². The van der Waals surface area contributed by atoms with Crippen molar-refractivity contribution in [3.63, 3.8) is 0 Å². The highest BCUT2D eigenvalue weighted by molar-refractivity contribution is 7.92. The molecular formula is C13H8F5NO2S. The third-order valence-corrected chi connectivity index (χ3v) is 3.95. The van der Waals surface area contributed by atoms with Gasteiger partial charge in [0.05, 0.1) is 10.5 Å². The number of benzene rings is 2. The molecule has 22 heavy (non-hydrogen) atoms. The number of halogens is 5. The summed E-state index contributed by atoms with van der Waals surface area (Å²) >= 11 is 0. The van der Waals surface area contributed by atoms with Crippen molar-refractivity contribution in [1.29, 1.82) is 0 Å². The molecule has 0 unspecified atom stereocenters. The molecule has 0 saturated carbocycles. The number of alkyl halides is 3. The first-order chi connectivity index (χ1) is 10.1. The Hall–Kier alpha value is -2.16. The molecule has 0 saturated heterocycles. The fourth-order valence-corrected chi connectivity index (χ4v) is 2.75. The minimum atomic E-state index is -4.65. The van der Waals surface area contributed by atoms with Gasteiger partial charge < -0.3 is 0 Å². The predicted octanol–water partition coefficient (Wildman–Crippen LogP) is 3.78. The minimum Gasteiger partial charge on any atom is -0.280 e. The molecule has 0 atom stereocenters. The molecule has 0 spiro atoms. The zero-order valence-electron chi connectivity index (χ0n) is 10.7. The van der Waals surface area contributed by atoms with Gasteiger partial charge in [-0.2, -0.15) is 13.2 Å². The molecule has 0 radical (unpaired) electrons. The lowest BCUT2D eigenvalue weighted by Gasteiger charge is -2.11. The Labute approximate surface area is 122 Å². The molecule has 0 amide bonds. The van der Waals surface area contributed by atoms with Crippen LogP contribution in [0, 0.1) is 11.6 Å². The highest BCUT2D eigenvalue weighted by atomic mass is 32.2. The lowest BCUT2D eigenvalue weighted by molar-refractivity contribution is -0.137. The Balaban J connectivity index is 2.37. The van der Waals surface area contributed by atoms with Crippen LogP contribution >= 0.6 is 0 Å². The van der Waals surface area contributed by atoms with E-state index in [9.17, 15) is 30.4 Å². The molecule has 2 aromatic carbocycles. The molecule has 2 aromatic rings. The van der Waals surface area contributed by atoms with Crippen LogP contribution in [0.3, 0.4) is 0 Å². The first-order valence-electron chi connectivity index (χ1n) is 5.74. The van der Waals surface area contributed by atoms with Crippen LogP contribution in [-0.4, -0.2) is 8.42 Å². The first kappa shape index (κ1) is 16.2. The van der Waals surface area contributed by atoms with E-state index in [0.29, 0.717) is 24.3 Å².